The molecule has 2 aromatic carbocycles. The second-order valence-electron chi connectivity index (χ2n) is 7.68. The number of carbonyl (C=O) groups is 1. The molecular weight excluding hydrogens is 517 g/mol. The van der Waals surface area contributed by atoms with Crippen molar-refractivity contribution in [2.75, 3.05) is 24.3 Å². The van der Waals surface area contributed by atoms with Crippen molar-refractivity contribution in [3.8, 4) is 5.69 Å². The summed E-state index contributed by atoms with van der Waals surface area (Å²) in [5.74, 6) is -0.539. The Kier molecular flexibility index (Phi) is 6.54. The van der Waals surface area contributed by atoms with Crippen molar-refractivity contribution in [3.63, 3.8) is 0 Å². The van der Waals surface area contributed by atoms with Crippen LogP contribution in [0.2, 0.25) is 4.34 Å². The van der Waals surface area contributed by atoms with Gasteiger partial charge in [0.25, 0.3) is 15.6 Å². The van der Waals surface area contributed by atoms with Gasteiger partial charge < -0.3 is 10.2 Å². The highest BCUT2D eigenvalue weighted by molar-refractivity contribution is 7.92. The van der Waals surface area contributed by atoms with Crippen LogP contribution in [0.25, 0.3) is 16.6 Å². The van der Waals surface area contributed by atoms with E-state index in [1.165, 1.54) is 24.3 Å². The summed E-state index contributed by atoms with van der Waals surface area (Å²) < 4.78 is 42.6. The third kappa shape index (κ3) is 4.99. The van der Waals surface area contributed by atoms with Crippen molar-refractivity contribution in [2.24, 2.45) is 0 Å². The molecule has 35 heavy (non-hydrogen) atoms. The highest BCUT2D eigenvalue weighted by Crippen LogP contribution is 2.26. The van der Waals surface area contributed by atoms with Gasteiger partial charge >= 0.3 is 6.03 Å². The molecule has 0 unspecified atom stereocenters. The number of nitrogens with one attached hydrogen (secondary N) is 2. The van der Waals surface area contributed by atoms with Gasteiger partial charge in [0.1, 0.15) is 15.9 Å². The first kappa shape index (κ1) is 24.6. The van der Waals surface area contributed by atoms with Crippen LogP contribution < -0.4 is 20.5 Å². The van der Waals surface area contributed by atoms with E-state index in [4.69, 9.17) is 11.6 Å². The lowest BCUT2D eigenvalue weighted by atomic mass is 10.2. The molecule has 2 N–H and O–H groups in total. The summed E-state index contributed by atoms with van der Waals surface area (Å²) in [6.07, 6.45) is 0. The number of hydrogen-bond acceptors (Lipinski definition) is 7. The number of anilines is 2. The standard InChI is InChI=1S/C22H19ClFN5O4S2/c1-12-25-17-11-14(28(2)3)5-6-15(17)21(30)29(12)18-7-4-13(10-16(18)24)26-22(31)27-35(32,33)20-9-8-19(23)34-20/h4-11H,1-3H3,(H2,26,27,31). The summed E-state index contributed by atoms with van der Waals surface area (Å²) in [5.41, 5.74) is 0.823. The van der Waals surface area contributed by atoms with E-state index in [0.717, 1.165) is 27.7 Å². The monoisotopic (exact) mass is 535 g/mol. The van der Waals surface area contributed by atoms with Gasteiger partial charge in [0.15, 0.2) is 0 Å². The number of nitrogens with zero attached hydrogens (tertiary/aromatic N) is 3. The van der Waals surface area contributed by atoms with Crippen molar-refractivity contribution in [3.05, 3.63) is 74.9 Å². The number of carbonyl (C=O) groups excluding carboxylic acids is 1. The van der Waals surface area contributed by atoms with Gasteiger partial charge in [-0.1, -0.05) is 11.6 Å². The van der Waals surface area contributed by atoms with Crippen LogP contribution in [0.3, 0.4) is 0 Å². The lowest BCUT2D eigenvalue weighted by Gasteiger charge is -2.15. The van der Waals surface area contributed by atoms with E-state index in [-0.39, 0.29) is 25.7 Å². The Hall–Kier alpha value is -3.48. The average molecular weight is 536 g/mol. The van der Waals surface area contributed by atoms with Crippen LogP contribution in [0.4, 0.5) is 20.6 Å². The number of benzene rings is 2. The van der Waals surface area contributed by atoms with Gasteiger partial charge in [0.05, 0.1) is 20.9 Å². The molecule has 2 aromatic heterocycles. The summed E-state index contributed by atoms with van der Waals surface area (Å²) in [7, 11) is -0.402. The van der Waals surface area contributed by atoms with E-state index in [2.05, 4.69) is 10.3 Å². The minimum atomic E-state index is -4.14. The molecule has 13 heteroatoms. The summed E-state index contributed by atoms with van der Waals surface area (Å²) in [6.45, 7) is 1.59. The third-order valence-corrected chi connectivity index (χ3v) is 8.08. The Bertz CT molecular complexity index is 1630. The first-order valence-corrected chi connectivity index (χ1v) is 12.7. The molecule has 2 heterocycles. The lowest BCUT2D eigenvalue weighted by Crippen LogP contribution is -2.34. The molecule has 182 valence electrons. The molecule has 0 bridgehead atoms. The van der Waals surface area contributed by atoms with Crippen LogP contribution >= 0.6 is 22.9 Å². The molecule has 9 nitrogen and oxygen atoms in total. The highest BCUT2D eigenvalue weighted by atomic mass is 35.5. The Morgan fingerprint density at radius 3 is 2.51 bits per heavy atom. The van der Waals surface area contributed by atoms with E-state index in [1.54, 1.807) is 25.1 Å². The molecule has 4 rings (SSSR count). The molecule has 0 fully saturated rings. The topological polar surface area (TPSA) is 113 Å². The van der Waals surface area contributed by atoms with E-state index in [0.29, 0.717) is 10.9 Å². The first-order chi connectivity index (χ1) is 16.5. The minimum Gasteiger partial charge on any atom is -0.378 e. The first-order valence-electron chi connectivity index (χ1n) is 10.1. The van der Waals surface area contributed by atoms with Crippen LogP contribution in [0, 0.1) is 12.7 Å². The fourth-order valence-corrected chi connectivity index (χ4v) is 5.77. The number of hydrogen-bond donors (Lipinski definition) is 2. The summed E-state index contributed by atoms with van der Waals surface area (Å²) in [5, 5.41) is 2.58. The number of aromatic nitrogens is 2. The summed E-state index contributed by atoms with van der Waals surface area (Å²) in [6, 6.07) is 10.4. The van der Waals surface area contributed by atoms with Crippen molar-refractivity contribution >= 4 is 61.3 Å². The molecule has 0 saturated carbocycles. The van der Waals surface area contributed by atoms with Gasteiger partial charge in [0.2, 0.25) is 0 Å². The normalized spacial score (nSPS) is 11.5. The number of thiophene rings is 1. The Morgan fingerprint density at radius 2 is 1.89 bits per heavy atom. The minimum absolute atomic E-state index is 0.0155. The molecule has 0 saturated heterocycles. The van der Waals surface area contributed by atoms with Crippen LogP contribution in [-0.2, 0) is 10.0 Å². The van der Waals surface area contributed by atoms with Gasteiger partial charge in [-0.15, -0.1) is 11.3 Å². The SMILES string of the molecule is Cc1nc2cc(N(C)C)ccc2c(=O)n1-c1ccc(NC(=O)NS(=O)(=O)c2ccc(Cl)s2)cc1F. The predicted molar refractivity (Wildman–Crippen MR) is 135 cm³/mol. The van der Waals surface area contributed by atoms with E-state index < -0.39 is 27.4 Å². The zero-order valence-corrected chi connectivity index (χ0v) is 21.1. The van der Waals surface area contributed by atoms with Crippen LogP contribution in [0.15, 0.2) is 57.5 Å². The van der Waals surface area contributed by atoms with Crippen LogP contribution in [0.5, 0.6) is 0 Å². The maximum atomic E-state index is 15.0. The number of amides is 2. The van der Waals surface area contributed by atoms with Gasteiger partial charge in [-0.3, -0.25) is 9.36 Å². The van der Waals surface area contributed by atoms with Crippen molar-refractivity contribution in [1.29, 1.82) is 0 Å². The second-order valence-corrected chi connectivity index (χ2v) is 11.3. The van der Waals surface area contributed by atoms with Crippen molar-refractivity contribution < 1.29 is 17.6 Å². The fraction of sp³-hybridized carbons (Fsp3) is 0.136. The highest BCUT2D eigenvalue weighted by Gasteiger charge is 2.20. The molecule has 4 aromatic rings. The van der Waals surface area contributed by atoms with Gasteiger partial charge in [-0.2, -0.15) is 0 Å². The molecule has 0 spiro atoms. The zero-order chi connectivity index (χ0) is 25.5. The van der Waals surface area contributed by atoms with Gasteiger partial charge in [0, 0.05) is 25.5 Å². The molecule has 0 aliphatic heterocycles. The Morgan fingerprint density at radius 1 is 1.14 bits per heavy atom. The smallest absolute Gasteiger partial charge is 0.333 e. The second kappa shape index (κ2) is 9.29. The maximum Gasteiger partial charge on any atom is 0.333 e. The lowest BCUT2D eigenvalue weighted by molar-refractivity contribution is 0.256. The van der Waals surface area contributed by atoms with Gasteiger partial charge in [-0.05, 0) is 55.5 Å². The number of fused-ring (bicyclic) bond motifs is 1. The van der Waals surface area contributed by atoms with Crippen LogP contribution in [-0.4, -0.2) is 38.1 Å². The van der Waals surface area contributed by atoms with E-state index >= 15 is 4.39 Å². The predicted octanol–water partition coefficient (Wildman–Crippen LogP) is 4.12. The number of sulfonamides is 1. The molecule has 2 amide bonds. The van der Waals surface area contributed by atoms with Crippen LogP contribution in [0.1, 0.15) is 5.82 Å². The summed E-state index contributed by atoms with van der Waals surface area (Å²) in [4.78, 5) is 31.6. The van der Waals surface area contributed by atoms with E-state index in [9.17, 15) is 18.0 Å². The summed E-state index contributed by atoms with van der Waals surface area (Å²) >= 11 is 6.53. The molecule has 0 aliphatic carbocycles. The van der Waals surface area contributed by atoms with Crippen molar-refractivity contribution in [2.45, 2.75) is 11.1 Å². The Labute approximate surface area is 208 Å². The number of rotatable bonds is 5. The molecule has 0 aliphatic rings. The quantitative estimate of drug-likeness (QED) is 0.397. The Balaban J connectivity index is 1.61. The number of halogens is 2. The largest absolute Gasteiger partial charge is 0.378 e. The molecule has 0 radical (unpaired) electrons. The molecular formula is C22H19ClFN5O4S2. The fourth-order valence-electron chi connectivity index (χ4n) is 3.38. The average Bonchev–Trinajstić information content (AvgIpc) is 3.21. The number of urea groups is 1. The zero-order valence-electron chi connectivity index (χ0n) is 18.7. The van der Waals surface area contributed by atoms with E-state index in [1.807, 2.05) is 23.7 Å². The number of aryl methyl sites for hydroxylation is 1. The van der Waals surface area contributed by atoms with Gasteiger partial charge in [-0.25, -0.2) is 27.3 Å². The molecule has 0 atom stereocenters. The third-order valence-electron chi connectivity index (χ3n) is 5.02. The van der Waals surface area contributed by atoms with Crippen molar-refractivity contribution in [1.82, 2.24) is 14.3 Å². The maximum absolute atomic E-state index is 15.0.